The summed E-state index contributed by atoms with van der Waals surface area (Å²) in [5.41, 5.74) is 7.24. The zero-order valence-corrected chi connectivity index (χ0v) is 12.2. The van der Waals surface area contributed by atoms with E-state index in [1.165, 1.54) is 20.5 Å². The van der Waals surface area contributed by atoms with Gasteiger partial charge in [-0.3, -0.25) is 4.90 Å². The van der Waals surface area contributed by atoms with Crippen molar-refractivity contribution in [2.75, 3.05) is 13.1 Å². The van der Waals surface area contributed by atoms with Crippen molar-refractivity contribution in [2.45, 2.75) is 26.4 Å². The van der Waals surface area contributed by atoms with Crippen LogP contribution in [0.3, 0.4) is 0 Å². The Labute approximate surface area is 119 Å². The Morgan fingerprint density at radius 2 is 2.16 bits per heavy atom. The molecule has 2 rings (SSSR count). The molecule has 0 aliphatic heterocycles. The highest BCUT2D eigenvalue weighted by atomic mass is 32.1. The van der Waals surface area contributed by atoms with Gasteiger partial charge in [0.05, 0.1) is 6.54 Å². The van der Waals surface area contributed by atoms with E-state index in [4.69, 9.17) is 12.2 Å². The summed E-state index contributed by atoms with van der Waals surface area (Å²) in [5, 5.41) is 1.33. The van der Waals surface area contributed by atoms with Crippen LogP contribution in [0.5, 0.6) is 0 Å². The predicted molar refractivity (Wildman–Crippen MR) is 84.1 cm³/mol. The van der Waals surface area contributed by atoms with Crippen LogP contribution in [0.25, 0.3) is 10.1 Å². The van der Waals surface area contributed by atoms with E-state index < -0.39 is 0 Å². The second kappa shape index (κ2) is 6.72. The molecular weight excluding hydrogens is 252 g/mol. The first kappa shape index (κ1) is 14.1. The van der Waals surface area contributed by atoms with Crippen molar-refractivity contribution in [3.8, 4) is 12.3 Å². The van der Waals surface area contributed by atoms with Crippen LogP contribution in [0.4, 0.5) is 0 Å². The number of terminal acetylenes is 1. The van der Waals surface area contributed by atoms with Crippen molar-refractivity contribution in [3.05, 3.63) is 34.7 Å². The quantitative estimate of drug-likeness (QED) is 0.818. The maximum absolute atomic E-state index is 5.89. The number of rotatable bonds is 6. The largest absolute Gasteiger partial charge is 0.326 e. The van der Waals surface area contributed by atoms with E-state index >= 15 is 0 Å². The third-order valence-corrected chi connectivity index (χ3v) is 4.44. The van der Waals surface area contributed by atoms with Crippen molar-refractivity contribution in [2.24, 2.45) is 5.73 Å². The van der Waals surface area contributed by atoms with Crippen molar-refractivity contribution in [3.63, 3.8) is 0 Å². The summed E-state index contributed by atoms with van der Waals surface area (Å²) >= 11 is 1.80. The monoisotopic (exact) mass is 272 g/mol. The molecule has 0 bridgehead atoms. The van der Waals surface area contributed by atoms with Gasteiger partial charge in [-0.05, 0) is 30.0 Å². The Kier molecular flexibility index (Phi) is 4.98. The van der Waals surface area contributed by atoms with Gasteiger partial charge in [0.15, 0.2) is 0 Å². The molecule has 0 spiro atoms. The first-order valence-corrected chi connectivity index (χ1v) is 7.47. The molecular formula is C16H20N2S. The van der Waals surface area contributed by atoms with E-state index in [-0.39, 0.29) is 0 Å². The van der Waals surface area contributed by atoms with Crippen LogP contribution in [0.1, 0.15) is 23.8 Å². The van der Waals surface area contributed by atoms with Crippen LogP contribution in [0, 0.1) is 12.3 Å². The zero-order valence-electron chi connectivity index (χ0n) is 11.4. The molecule has 1 aromatic heterocycles. The number of nitrogens with zero attached hydrogens (tertiary/aromatic N) is 1. The molecule has 2 N–H and O–H groups in total. The molecule has 0 saturated carbocycles. The normalized spacial score (nSPS) is 11.1. The molecule has 2 aromatic rings. The number of nitrogens with two attached hydrogens (primary N) is 1. The third-order valence-electron chi connectivity index (χ3n) is 3.20. The predicted octanol–water partition coefficient (Wildman–Crippen LogP) is 3.21. The number of hydrogen-bond acceptors (Lipinski definition) is 3. The van der Waals surface area contributed by atoms with Crippen molar-refractivity contribution in [1.82, 2.24) is 4.90 Å². The lowest BCUT2D eigenvalue weighted by Crippen LogP contribution is -2.24. The van der Waals surface area contributed by atoms with Crippen LogP contribution in [-0.2, 0) is 13.1 Å². The summed E-state index contributed by atoms with van der Waals surface area (Å²) in [6.45, 7) is 5.40. The smallest absolute Gasteiger partial charge is 0.0601 e. The van der Waals surface area contributed by atoms with E-state index in [2.05, 4.69) is 42.0 Å². The molecule has 1 aromatic carbocycles. The highest BCUT2D eigenvalue weighted by Gasteiger charge is 2.13. The van der Waals surface area contributed by atoms with Gasteiger partial charge in [-0.1, -0.05) is 31.0 Å². The summed E-state index contributed by atoms with van der Waals surface area (Å²) in [4.78, 5) is 3.59. The second-order valence-electron chi connectivity index (χ2n) is 4.62. The molecule has 0 aliphatic rings. The third kappa shape index (κ3) is 3.16. The highest BCUT2D eigenvalue weighted by Crippen LogP contribution is 2.31. The molecule has 0 aliphatic carbocycles. The molecule has 100 valence electrons. The molecule has 0 fully saturated rings. The molecule has 3 heteroatoms. The SMILES string of the molecule is C#CCN(CCC)Cc1c(CN)sc2ccccc12. The summed E-state index contributed by atoms with van der Waals surface area (Å²) in [6, 6.07) is 8.51. The maximum Gasteiger partial charge on any atom is 0.0601 e. The van der Waals surface area contributed by atoms with E-state index in [1.54, 1.807) is 11.3 Å². The Morgan fingerprint density at radius 1 is 1.37 bits per heavy atom. The molecule has 0 amide bonds. The van der Waals surface area contributed by atoms with Gasteiger partial charge in [0.25, 0.3) is 0 Å². The minimum absolute atomic E-state index is 0.602. The number of fused-ring (bicyclic) bond motifs is 1. The van der Waals surface area contributed by atoms with Crippen molar-refractivity contribution >= 4 is 21.4 Å². The van der Waals surface area contributed by atoms with Gasteiger partial charge in [0.1, 0.15) is 0 Å². The first-order valence-electron chi connectivity index (χ1n) is 6.65. The van der Waals surface area contributed by atoms with Gasteiger partial charge < -0.3 is 5.73 Å². The minimum atomic E-state index is 0.602. The maximum atomic E-state index is 5.89. The summed E-state index contributed by atoms with van der Waals surface area (Å²) < 4.78 is 1.31. The average Bonchev–Trinajstić information content (AvgIpc) is 2.78. The van der Waals surface area contributed by atoms with E-state index in [0.29, 0.717) is 13.1 Å². The van der Waals surface area contributed by atoms with Gasteiger partial charge in [0, 0.05) is 22.7 Å². The highest BCUT2D eigenvalue weighted by molar-refractivity contribution is 7.19. The van der Waals surface area contributed by atoms with Crippen molar-refractivity contribution in [1.29, 1.82) is 0 Å². The Morgan fingerprint density at radius 3 is 2.84 bits per heavy atom. The topological polar surface area (TPSA) is 29.3 Å². The molecule has 19 heavy (non-hydrogen) atoms. The summed E-state index contributed by atoms with van der Waals surface area (Å²) in [5.74, 6) is 2.75. The summed E-state index contributed by atoms with van der Waals surface area (Å²) in [7, 11) is 0. The molecule has 0 unspecified atom stereocenters. The molecule has 1 heterocycles. The van der Waals surface area contributed by atoms with E-state index in [9.17, 15) is 0 Å². The standard InChI is InChI=1S/C16H20N2S/c1-3-9-18(10-4-2)12-14-13-7-5-6-8-15(13)19-16(14)11-17/h1,5-8H,4,9-12,17H2,2H3. The fourth-order valence-corrected chi connectivity index (χ4v) is 3.46. The first-order chi connectivity index (χ1) is 9.30. The van der Waals surface area contributed by atoms with E-state index in [0.717, 1.165) is 19.5 Å². The Bertz CT molecular complexity index is 580. The Balaban J connectivity index is 2.34. The van der Waals surface area contributed by atoms with Crippen LogP contribution >= 0.6 is 11.3 Å². The minimum Gasteiger partial charge on any atom is -0.326 e. The number of benzene rings is 1. The lowest BCUT2D eigenvalue weighted by Gasteiger charge is -2.19. The lowest BCUT2D eigenvalue weighted by atomic mass is 10.1. The van der Waals surface area contributed by atoms with Gasteiger partial charge in [0.2, 0.25) is 0 Å². The number of thiophene rings is 1. The van der Waals surface area contributed by atoms with Crippen LogP contribution in [0.2, 0.25) is 0 Å². The van der Waals surface area contributed by atoms with Gasteiger partial charge in [-0.2, -0.15) is 0 Å². The second-order valence-corrected chi connectivity index (χ2v) is 5.76. The average molecular weight is 272 g/mol. The van der Waals surface area contributed by atoms with Gasteiger partial charge >= 0.3 is 0 Å². The Hall–Kier alpha value is -1.34. The number of hydrogen-bond donors (Lipinski definition) is 1. The fraction of sp³-hybridized carbons (Fsp3) is 0.375. The summed E-state index contributed by atoms with van der Waals surface area (Å²) in [6.07, 6.45) is 6.57. The molecule has 0 radical (unpaired) electrons. The molecule has 0 saturated heterocycles. The van der Waals surface area contributed by atoms with Crippen LogP contribution in [0.15, 0.2) is 24.3 Å². The van der Waals surface area contributed by atoms with Gasteiger partial charge in [-0.25, -0.2) is 0 Å². The zero-order chi connectivity index (χ0) is 13.7. The lowest BCUT2D eigenvalue weighted by molar-refractivity contribution is 0.300. The molecule has 2 nitrogen and oxygen atoms in total. The fourth-order valence-electron chi connectivity index (χ4n) is 2.37. The van der Waals surface area contributed by atoms with E-state index in [1.807, 2.05) is 0 Å². The molecule has 0 atom stereocenters. The van der Waals surface area contributed by atoms with Crippen molar-refractivity contribution < 1.29 is 0 Å². The van der Waals surface area contributed by atoms with Crippen LogP contribution in [-0.4, -0.2) is 18.0 Å². The van der Waals surface area contributed by atoms with Gasteiger partial charge in [-0.15, -0.1) is 17.8 Å². The van der Waals surface area contributed by atoms with Crippen LogP contribution < -0.4 is 5.73 Å².